The van der Waals surface area contributed by atoms with Crippen LogP contribution in [0.15, 0.2) is 65.8 Å². The Bertz CT molecular complexity index is 848. The standard InChI is InChI=1S/C14H11N3O2S/c18-20(19,14-4-2-1-3-5-14)17-13-7-6-11-9-15-16-10-12(11)8-13/h1-10,17H. The van der Waals surface area contributed by atoms with Crippen molar-refractivity contribution in [3.8, 4) is 0 Å². The van der Waals surface area contributed by atoms with E-state index in [-0.39, 0.29) is 4.90 Å². The van der Waals surface area contributed by atoms with Gasteiger partial charge in [0.05, 0.1) is 17.3 Å². The van der Waals surface area contributed by atoms with E-state index < -0.39 is 10.0 Å². The predicted molar refractivity (Wildman–Crippen MR) is 76.8 cm³/mol. The lowest BCUT2D eigenvalue weighted by atomic mass is 10.2. The number of hydrogen-bond donors (Lipinski definition) is 1. The summed E-state index contributed by atoms with van der Waals surface area (Å²) in [6.07, 6.45) is 3.22. The molecule has 5 nitrogen and oxygen atoms in total. The molecule has 0 bridgehead atoms. The molecule has 0 atom stereocenters. The van der Waals surface area contributed by atoms with Crippen molar-refractivity contribution in [3.63, 3.8) is 0 Å². The van der Waals surface area contributed by atoms with E-state index in [9.17, 15) is 8.42 Å². The maximum atomic E-state index is 12.2. The number of fused-ring (bicyclic) bond motifs is 1. The second-order valence-corrected chi connectivity index (χ2v) is 5.93. The summed E-state index contributed by atoms with van der Waals surface area (Å²) < 4.78 is 26.9. The number of hydrogen-bond acceptors (Lipinski definition) is 4. The van der Waals surface area contributed by atoms with Crippen LogP contribution in [0.2, 0.25) is 0 Å². The topological polar surface area (TPSA) is 72.0 Å². The van der Waals surface area contributed by atoms with E-state index in [2.05, 4.69) is 14.9 Å². The first-order chi connectivity index (χ1) is 9.65. The lowest BCUT2D eigenvalue weighted by Gasteiger charge is -2.08. The fraction of sp³-hybridized carbons (Fsp3) is 0. The number of rotatable bonds is 3. The Kier molecular flexibility index (Phi) is 3.08. The number of benzene rings is 2. The Morgan fingerprint density at radius 3 is 2.30 bits per heavy atom. The van der Waals surface area contributed by atoms with Crippen LogP contribution in [0.3, 0.4) is 0 Å². The summed E-state index contributed by atoms with van der Waals surface area (Å²) in [4.78, 5) is 0.230. The number of nitrogens with zero attached hydrogens (tertiary/aromatic N) is 2. The molecular formula is C14H11N3O2S. The Morgan fingerprint density at radius 1 is 0.850 bits per heavy atom. The van der Waals surface area contributed by atoms with Gasteiger partial charge in [-0.1, -0.05) is 24.3 Å². The second kappa shape index (κ2) is 4.90. The van der Waals surface area contributed by atoms with Crippen LogP contribution in [0.1, 0.15) is 0 Å². The molecule has 6 heteroatoms. The number of aromatic nitrogens is 2. The number of nitrogens with one attached hydrogen (secondary N) is 1. The smallest absolute Gasteiger partial charge is 0.261 e. The van der Waals surface area contributed by atoms with Crippen molar-refractivity contribution in [1.29, 1.82) is 0 Å². The minimum absolute atomic E-state index is 0.230. The Balaban J connectivity index is 1.97. The molecule has 2 aromatic carbocycles. The van der Waals surface area contributed by atoms with Crippen LogP contribution in [0.4, 0.5) is 5.69 Å². The van der Waals surface area contributed by atoms with Crippen molar-refractivity contribution in [2.24, 2.45) is 0 Å². The minimum Gasteiger partial charge on any atom is -0.280 e. The number of sulfonamides is 1. The first-order valence-electron chi connectivity index (χ1n) is 5.93. The quantitative estimate of drug-likeness (QED) is 0.802. The van der Waals surface area contributed by atoms with E-state index in [4.69, 9.17) is 0 Å². The maximum absolute atomic E-state index is 12.2. The third-order valence-corrected chi connectivity index (χ3v) is 4.25. The summed E-state index contributed by atoms with van der Waals surface area (Å²) in [5.41, 5.74) is 0.495. The first-order valence-corrected chi connectivity index (χ1v) is 7.42. The van der Waals surface area contributed by atoms with Crippen molar-refractivity contribution in [2.75, 3.05) is 4.72 Å². The van der Waals surface area contributed by atoms with Gasteiger partial charge in [0.1, 0.15) is 0 Å². The molecule has 3 aromatic rings. The van der Waals surface area contributed by atoms with Crippen molar-refractivity contribution in [3.05, 3.63) is 60.9 Å². The van der Waals surface area contributed by atoms with Crippen molar-refractivity contribution < 1.29 is 8.42 Å². The highest BCUT2D eigenvalue weighted by molar-refractivity contribution is 7.92. The van der Waals surface area contributed by atoms with Gasteiger partial charge in [-0.3, -0.25) is 4.72 Å². The third kappa shape index (κ3) is 2.46. The highest BCUT2D eigenvalue weighted by atomic mass is 32.2. The largest absolute Gasteiger partial charge is 0.280 e. The average molecular weight is 285 g/mol. The van der Waals surface area contributed by atoms with E-state index in [0.29, 0.717) is 5.69 Å². The van der Waals surface area contributed by atoms with Gasteiger partial charge in [0.25, 0.3) is 10.0 Å². The summed E-state index contributed by atoms with van der Waals surface area (Å²) >= 11 is 0. The van der Waals surface area contributed by atoms with Crippen molar-refractivity contribution in [2.45, 2.75) is 4.90 Å². The molecule has 1 heterocycles. The zero-order valence-corrected chi connectivity index (χ0v) is 11.2. The molecule has 0 saturated carbocycles. The van der Waals surface area contributed by atoms with E-state index in [0.717, 1.165) is 10.8 Å². The Labute approximate surface area is 116 Å². The van der Waals surface area contributed by atoms with Crippen molar-refractivity contribution >= 4 is 26.5 Å². The highest BCUT2D eigenvalue weighted by Gasteiger charge is 2.13. The fourth-order valence-electron chi connectivity index (χ4n) is 1.87. The van der Waals surface area contributed by atoms with Gasteiger partial charge in [0.2, 0.25) is 0 Å². The summed E-state index contributed by atoms with van der Waals surface area (Å²) in [6.45, 7) is 0. The molecule has 0 aliphatic heterocycles. The highest BCUT2D eigenvalue weighted by Crippen LogP contribution is 2.20. The van der Waals surface area contributed by atoms with Crippen LogP contribution in [-0.4, -0.2) is 18.6 Å². The average Bonchev–Trinajstić information content (AvgIpc) is 2.48. The molecule has 1 aromatic heterocycles. The van der Waals surface area contributed by atoms with Gasteiger partial charge in [-0.2, -0.15) is 10.2 Å². The van der Waals surface area contributed by atoms with E-state index in [1.165, 1.54) is 0 Å². The zero-order chi connectivity index (χ0) is 14.0. The second-order valence-electron chi connectivity index (χ2n) is 4.25. The van der Waals surface area contributed by atoms with E-state index in [1.54, 1.807) is 60.9 Å². The predicted octanol–water partition coefficient (Wildman–Crippen LogP) is 2.43. The molecule has 0 unspecified atom stereocenters. The fourth-order valence-corrected chi connectivity index (χ4v) is 2.94. The molecule has 20 heavy (non-hydrogen) atoms. The van der Waals surface area contributed by atoms with Crippen LogP contribution in [0.25, 0.3) is 10.8 Å². The van der Waals surface area contributed by atoms with Gasteiger partial charge in [-0.25, -0.2) is 8.42 Å². The van der Waals surface area contributed by atoms with Gasteiger partial charge in [0.15, 0.2) is 0 Å². The van der Waals surface area contributed by atoms with Gasteiger partial charge in [-0.05, 0) is 24.3 Å². The Hall–Kier alpha value is -2.47. The molecule has 0 aliphatic carbocycles. The zero-order valence-electron chi connectivity index (χ0n) is 10.4. The van der Waals surface area contributed by atoms with Gasteiger partial charge in [0, 0.05) is 16.5 Å². The molecule has 0 fully saturated rings. The summed E-state index contributed by atoms with van der Waals surface area (Å²) in [7, 11) is -3.57. The molecule has 100 valence electrons. The molecule has 3 rings (SSSR count). The van der Waals surface area contributed by atoms with Crippen LogP contribution in [0.5, 0.6) is 0 Å². The summed E-state index contributed by atoms with van der Waals surface area (Å²) in [5.74, 6) is 0. The third-order valence-electron chi connectivity index (χ3n) is 2.85. The molecular weight excluding hydrogens is 274 g/mol. The lowest BCUT2D eigenvalue weighted by molar-refractivity contribution is 0.601. The number of anilines is 1. The molecule has 0 saturated heterocycles. The minimum atomic E-state index is -3.57. The van der Waals surface area contributed by atoms with Gasteiger partial charge < -0.3 is 0 Å². The lowest BCUT2D eigenvalue weighted by Crippen LogP contribution is -2.12. The molecule has 0 amide bonds. The van der Waals surface area contributed by atoms with Crippen LogP contribution in [0, 0.1) is 0 Å². The molecule has 0 spiro atoms. The molecule has 0 radical (unpaired) electrons. The SMILES string of the molecule is O=S(=O)(Nc1ccc2cnncc2c1)c1ccccc1. The normalized spacial score (nSPS) is 11.4. The van der Waals surface area contributed by atoms with E-state index >= 15 is 0 Å². The molecule has 1 N–H and O–H groups in total. The van der Waals surface area contributed by atoms with Crippen LogP contribution < -0.4 is 4.72 Å². The monoisotopic (exact) mass is 285 g/mol. The first kappa shape index (κ1) is 12.6. The van der Waals surface area contributed by atoms with Crippen LogP contribution >= 0.6 is 0 Å². The van der Waals surface area contributed by atoms with Crippen molar-refractivity contribution in [1.82, 2.24) is 10.2 Å². The van der Waals surface area contributed by atoms with Gasteiger partial charge in [-0.15, -0.1) is 0 Å². The van der Waals surface area contributed by atoms with Gasteiger partial charge >= 0.3 is 0 Å². The summed E-state index contributed by atoms with van der Waals surface area (Å²) in [5, 5.41) is 9.29. The van der Waals surface area contributed by atoms with Crippen LogP contribution in [-0.2, 0) is 10.0 Å². The van der Waals surface area contributed by atoms with E-state index in [1.807, 2.05) is 0 Å². The maximum Gasteiger partial charge on any atom is 0.261 e. The Morgan fingerprint density at radius 2 is 1.55 bits per heavy atom. The molecule has 0 aliphatic rings. The summed E-state index contributed by atoms with van der Waals surface area (Å²) in [6, 6.07) is 13.5.